The molecule has 1 aromatic rings. The Morgan fingerprint density at radius 3 is 2.52 bits per heavy atom. The number of amides is 1. The smallest absolute Gasteiger partial charge is 0.217 e. The van der Waals surface area contributed by atoms with Gasteiger partial charge < -0.3 is 25.4 Å². The maximum Gasteiger partial charge on any atom is 0.217 e. The molecule has 0 bridgehead atoms. The zero-order valence-electron chi connectivity index (χ0n) is 11.5. The molecule has 1 aromatic carbocycles. The average molecular weight is 313 g/mol. The molecule has 1 saturated heterocycles. The van der Waals surface area contributed by atoms with Crippen LogP contribution in [-0.4, -0.2) is 57.6 Å². The molecule has 2 rings (SSSR count). The van der Waals surface area contributed by atoms with Gasteiger partial charge in [0.2, 0.25) is 5.91 Å². The topological polar surface area (TPSA) is 99.0 Å². The van der Waals surface area contributed by atoms with Crippen LogP contribution in [0.5, 0.6) is 0 Å². The molecule has 0 radical (unpaired) electrons. The molecular formula is C14H19NO5S. The number of rotatable bonds is 4. The number of carbonyl (C=O) groups is 1. The van der Waals surface area contributed by atoms with Crippen LogP contribution in [0.15, 0.2) is 35.2 Å². The third kappa shape index (κ3) is 3.96. The Balaban J connectivity index is 2.18. The van der Waals surface area contributed by atoms with E-state index in [1.807, 2.05) is 30.3 Å². The van der Waals surface area contributed by atoms with Crippen LogP contribution >= 0.6 is 11.8 Å². The number of aliphatic hydroxyl groups is 3. The van der Waals surface area contributed by atoms with Gasteiger partial charge in [-0.15, -0.1) is 0 Å². The van der Waals surface area contributed by atoms with Crippen molar-refractivity contribution in [3.63, 3.8) is 0 Å². The van der Waals surface area contributed by atoms with Gasteiger partial charge in [0.05, 0.1) is 12.6 Å². The summed E-state index contributed by atoms with van der Waals surface area (Å²) in [7, 11) is 0. The second-order valence-electron chi connectivity index (χ2n) is 4.86. The van der Waals surface area contributed by atoms with Crippen LogP contribution in [0.3, 0.4) is 0 Å². The summed E-state index contributed by atoms with van der Waals surface area (Å²) in [5.74, 6) is -0.323. The lowest BCUT2D eigenvalue weighted by molar-refractivity contribution is -0.173. The number of ether oxygens (including phenoxy) is 1. The number of carbonyl (C=O) groups excluding carboxylic acids is 1. The highest BCUT2D eigenvalue weighted by molar-refractivity contribution is 7.99. The second kappa shape index (κ2) is 7.24. The molecule has 0 aliphatic carbocycles. The van der Waals surface area contributed by atoms with E-state index < -0.39 is 36.4 Å². The zero-order valence-corrected chi connectivity index (χ0v) is 12.4. The van der Waals surface area contributed by atoms with Gasteiger partial charge in [-0.05, 0) is 12.1 Å². The molecule has 1 aliphatic rings. The molecule has 0 aromatic heterocycles. The Bertz CT molecular complexity index is 472. The Labute approximate surface area is 127 Å². The van der Waals surface area contributed by atoms with Gasteiger partial charge in [0, 0.05) is 11.8 Å². The lowest BCUT2D eigenvalue weighted by atomic mass is 9.98. The first-order chi connectivity index (χ1) is 10.0. The van der Waals surface area contributed by atoms with E-state index in [0.29, 0.717) is 0 Å². The number of nitrogens with one attached hydrogen (secondary N) is 1. The lowest BCUT2D eigenvalue weighted by Crippen LogP contribution is -2.63. The summed E-state index contributed by atoms with van der Waals surface area (Å²) in [5.41, 5.74) is -0.605. The lowest BCUT2D eigenvalue weighted by Gasteiger charge is -2.42. The summed E-state index contributed by atoms with van der Waals surface area (Å²) >= 11 is 1.32. The van der Waals surface area contributed by atoms with E-state index >= 15 is 0 Å². The summed E-state index contributed by atoms with van der Waals surface area (Å²) in [6.07, 6.45) is -3.34. The predicted octanol–water partition coefficient (Wildman–Crippen LogP) is -0.278. The molecule has 1 aliphatic heterocycles. The highest BCUT2D eigenvalue weighted by Gasteiger charge is 2.44. The summed E-state index contributed by atoms with van der Waals surface area (Å²) < 4.78 is 5.62. The summed E-state index contributed by atoms with van der Waals surface area (Å²) in [6.45, 7) is 0.929. The molecule has 6 nitrogen and oxygen atoms in total. The highest BCUT2D eigenvalue weighted by Crippen LogP contribution is 2.33. The first kappa shape index (κ1) is 16.3. The third-order valence-electron chi connectivity index (χ3n) is 3.25. The molecule has 0 spiro atoms. The third-order valence-corrected chi connectivity index (χ3v) is 4.43. The minimum atomic E-state index is -1.25. The Morgan fingerprint density at radius 1 is 1.29 bits per heavy atom. The first-order valence-electron chi connectivity index (χ1n) is 6.64. The van der Waals surface area contributed by atoms with Crippen molar-refractivity contribution in [3.8, 4) is 0 Å². The van der Waals surface area contributed by atoms with Crippen molar-refractivity contribution in [3.05, 3.63) is 30.3 Å². The molecule has 1 heterocycles. The van der Waals surface area contributed by atoms with Crippen molar-refractivity contribution in [1.29, 1.82) is 0 Å². The van der Waals surface area contributed by atoms with Crippen LogP contribution in [-0.2, 0) is 9.53 Å². The van der Waals surface area contributed by atoms with Gasteiger partial charge >= 0.3 is 0 Å². The fourth-order valence-corrected chi connectivity index (χ4v) is 3.36. The number of benzene rings is 1. The zero-order chi connectivity index (χ0) is 15.4. The molecule has 116 valence electrons. The van der Waals surface area contributed by atoms with Crippen LogP contribution < -0.4 is 5.32 Å². The van der Waals surface area contributed by atoms with Crippen LogP contribution in [0, 0.1) is 0 Å². The number of hydrogen-bond donors (Lipinski definition) is 4. The van der Waals surface area contributed by atoms with Crippen molar-refractivity contribution in [2.45, 2.75) is 41.6 Å². The fraction of sp³-hybridized carbons (Fsp3) is 0.500. The number of thioether (sulfide) groups is 1. The van der Waals surface area contributed by atoms with Crippen LogP contribution in [0.4, 0.5) is 0 Å². The van der Waals surface area contributed by atoms with Crippen LogP contribution in [0.25, 0.3) is 0 Å². The monoisotopic (exact) mass is 313 g/mol. The van der Waals surface area contributed by atoms with E-state index in [0.717, 1.165) is 4.90 Å². The van der Waals surface area contributed by atoms with Crippen LogP contribution in [0.2, 0.25) is 0 Å². The summed E-state index contributed by atoms with van der Waals surface area (Å²) in [5, 5.41) is 31.9. The minimum Gasteiger partial charge on any atom is -0.394 e. The maximum atomic E-state index is 11.3. The minimum absolute atomic E-state index is 0.323. The van der Waals surface area contributed by atoms with E-state index in [2.05, 4.69) is 5.32 Å². The normalized spacial score (nSPS) is 32.7. The summed E-state index contributed by atoms with van der Waals surface area (Å²) in [4.78, 5) is 12.2. The van der Waals surface area contributed by atoms with E-state index in [4.69, 9.17) is 4.74 Å². The molecule has 0 saturated carbocycles. The standard InChI is InChI=1S/C14H19NO5S/c1-8(17)15-11-13(19)12(18)10(7-16)20-14(11)21-9-5-3-2-4-6-9/h2-6,10-14,16,18-19H,7H2,1H3,(H,15,17)/t10-,11-,12+,13+,14+/m0/s1. The Kier molecular flexibility index (Phi) is 5.60. The van der Waals surface area contributed by atoms with E-state index in [-0.39, 0.29) is 5.91 Å². The van der Waals surface area contributed by atoms with Crippen molar-refractivity contribution in [2.24, 2.45) is 0 Å². The molecular weight excluding hydrogens is 294 g/mol. The van der Waals surface area contributed by atoms with Gasteiger partial charge in [-0.25, -0.2) is 0 Å². The predicted molar refractivity (Wildman–Crippen MR) is 77.7 cm³/mol. The SMILES string of the molecule is CC(=O)N[C@H]1[C@@H](O)[C@H](O)[C@H](CO)O[C@@H]1Sc1ccccc1. The highest BCUT2D eigenvalue weighted by atomic mass is 32.2. The molecule has 1 fully saturated rings. The first-order valence-corrected chi connectivity index (χ1v) is 7.52. The number of aliphatic hydroxyl groups excluding tert-OH is 3. The van der Waals surface area contributed by atoms with Crippen molar-refractivity contribution in [2.75, 3.05) is 6.61 Å². The molecule has 5 atom stereocenters. The van der Waals surface area contributed by atoms with Crippen molar-refractivity contribution < 1.29 is 24.9 Å². The van der Waals surface area contributed by atoms with Crippen molar-refractivity contribution >= 4 is 17.7 Å². The van der Waals surface area contributed by atoms with Gasteiger partial charge in [-0.2, -0.15) is 0 Å². The molecule has 21 heavy (non-hydrogen) atoms. The van der Waals surface area contributed by atoms with Gasteiger partial charge in [0.1, 0.15) is 23.7 Å². The second-order valence-corrected chi connectivity index (χ2v) is 6.04. The molecule has 4 N–H and O–H groups in total. The molecule has 0 unspecified atom stereocenters. The van der Waals surface area contributed by atoms with E-state index in [1.54, 1.807) is 0 Å². The van der Waals surface area contributed by atoms with Gasteiger partial charge in [0.15, 0.2) is 0 Å². The molecule has 1 amide bonds. The quantitative estimate of drug-likeness (QED) is 0.610. The Morgan fingerprint density at radius 2 is 1.95 bits per heavy atom. The van der Waals surface area contributed by atoms with Gasteiger partial charge in [-0.3, -0.25) is 4.79 Å². The van der Waals surface area contributed by atoms with E-state index in [9.17, 15) is 20.1 Å². The van der Waals surface area contributed by atoms with E-state index in [1.165, 1.54) is 18.7 Å². The Hall–Kier alpha value is -1.12. The summed E-state index contributed by atoms with van der Waals surface area (Å²) in [6, 6.07) is 8.62. The number of hydrogen-bond acceptors (Lipinski definition) is 6. The fourth-order valence-electron chi connectivity index (χ4n) is 2.20. The van der Waals surface area contributed by atoms with Gasteiger partial charge in [-0.1, -0.05) is 30.0 Å². The largest absolute Gasteiger partial charge is 0.394 e. The average Bonchev–Trinajstić information content (AvgIpc) is 2.47. The van der Waals surface area contributed by atoms with Crippen LogP contribution in [0.1, 0.15) is 6.92 Å². The molecule has 7 heteroatoms. The van der Waals surface area contributed by atoms with Crippen molar-refractivity contribution in [1.82, 2.24) is 5.32 Å². The van der Waals surface area contributed by atoms with Gasteiger partial charge in [0.25, 0.3) is 0 Å². The maximum absolute atomic E-state index is 11.3.